The summed E-state index contributed by atoms with van der Waals surface area (Å²) in [7, 11) is 0. The molecule has 1 saturated carbocycles. The average molecular weight is 261 g/mol. The Morgan fingerprint density at radius 1 is 1.37 bits per heavy atom. The molecule has 0 saturated heterocycles. The molecule has 1 fully saturated rings. The van der Waals surface area contributed by atoms with Crippen LogP contribution in [0.1, 0.15) is 50.6 Å². The van der Waals surface area contributed by atoms with Gasteiger partial charge in [0.05, 0.1) is 6.61 Å². The second-order valence-electron chi connectivity index (χ2n) is 6.04. The van der Waals surface area contributed by atoms with Gasteiger partial charge < -0.3 is 15.2 Å². The van der Waals surface area contributed by atoms with E-state index in [2.05, 4.69) is 23.5 Å². The van der Waals surface area contributed by atoms with Gasteiger partial charge in [-0.15, -0.1) is 0 Å². The summed E-state index contributed by atoms with van der Waals surface area (Å²) < 4.78 is 6.32. The number of ether oxygens (including phenoxy) is 1. The van der Waals surface area contributed by atoms with Gasteiger partial charge in [-0.3, -0.25) is 0 Å². The molecule has 19 heavy (non-hydrogen) atoms. The van der Waals surface area contributed by atoms with Crippen LogP contribution < -0.4 is 10.1 Å². The third-order valence-corrected chi connectivity index (χ3v) is 4.47. The third-order valence-electron chi connectivity index (χ3n) is 4.47. The summed E-state index contributed by atoms with van der Waals surface area (Å²) >= 11 is 0. The van der Waals surface area contributed by atoms with E-state index in [9.17, 15) is 5.11 Å². The van der Waals surface area contributed by atoms with Crippen LogP contribution >= 0.6 is 0 Å². The van der Waals surface area contributed by atoms with E-state index in [0.29, 0.717) is 6.04 Å². The fourth-order valence-electron chi connectivity index (χ4n) is 3.49. The minimum absolute atomic E-state index is 0.0290. The first-order chi connectivity index (χ1) is 9.22. The maximum atomic E-state index is 9.28. The van der Waals surface area contributed by atoms with E-state index in [1.807, 2.05) is 13.0 Å². The molecule has 0 bridgehead atoms. The maximum absolute atomic E-state index is 9.28. The second kappa shape index (κ2) is 5.14. The van der Waals surface area contributed by atoms with Gasteiger partial charge in [-0.05, 0) is 38.7 Å². The first-order valence-electron chi connectivity index (χ1n) is 7.37. The Kier molecular flexibility index (Phi) is 3.50. The molecule has 1 unspecified atom stereocenters. The predicted octanol–water partition coefficient (Wildman–Crippen LogP) is 2.79. The lowest BCUT2D eigenvalue weighted by molar-refractivity contribution is 0.0336. The van der Waals surface area contributed by atoms with Crippen LogP contribution in [0.25, 0.3) is 0 Å². The molecule has 0 amide bonds. The van der Waals surface area contributed by atoms with Gasteiger partial charge in [-0.1, -0.05) is 18.2 Å². The summed E-state index contributed by atoms with van der Waals surface area (Å²) in [6.07, 6.45) is 5.88. The quantitative estimate of drug-likeness (QED) is 0.879. The van der Waals surface area contributed by atoms with Crippen molar-refractivity contribution in [2.75, 3.05) is 6.61 Å². The number of rotatable bonds is 3. The third kappa shape index (κ3) is 2.49. The molecule has 2 atom stereocenters. The number of aliphatic hydroxyl groups is 1. The van der Waals surface area contributed by atoms with Crippen LogP contribution in [0.4, 0.5) is 0 Å². The van der Waals surface area contributed by atoms with Gasteiger partial charge >= 0.3 is 0 Å². The Labute approximate surface area is 115 Å². The van der Waals surface area contributed by atoms with Gasteiger partial charge in [0.25, 0.3) is 0 Å². The number of para-hydroxylation sites is 1. The van der Waals surface area contributed by atoms with E-state index in [1.54, 1.807) is 0 Å². The normalized spacial score (nSPS) is 25.9. The van der Waals surface area contributed by atoms with Crippen molar-refractivity contribution in [3.8, 4) is 5.75 Å². The Hall–Kier alpha value is -1.06. The Morgan fingerprint density at radius 3 is 2.84 bits per heavy atom. The van der Waals surface area contributed by atoms with Crippen LogP contribution in [0.2, 0.25) is 0 Å². The van der Waals surface area contributed by atoms with Crippen molar-refractivity contribution >= 4 is 0 Å². The maximum Gasteiger partial charge on any atom is 0.124 e. The summed E-state index contributed by atoms with van der Waals surface area (Å²) in [5, 5.41) is 12.8. The zero-order valence-electron chi connectivity index (χ0n) is 11.6. The van der Waals surface area contributed by atoms with E-state index in [-0.39, 0.29) is 18.2 Å². The molecule has 2 aliphatic rings. The molecule has 1 spiro atoms. The monoisotopic (exact) mass is 261 g/mol. The lowest BCUT2D eigenvalue weighted by Gasteiger charge is -2.41. The number of aliphatic hydroxyl groups excluding tert-OH is 1. The highest BCUT2D eigenvalue weighted by atomic mass is 16.5. The van der Waals surface area contributed by atoms with Crippen LogP contribution in [0.15, 0.2) is 24.3 Å². The van der Waals surface area contributed by atoms with Crippen molar-refractivity contribution in [2.24, 2.45) is 0 Å². The second-order valence-corrected chi connectivity index (χ2v) is 6.04. The minimum atomic E-state index is 0.0290. The van der Waals surface area contributed by atoms with Crippen LogP contribution in [-0.4, -0.2) is 23.4 Å². The first-order valence-corrected chi connectivity index (χ1v) is 7.37. The highest BCUT2D eigenvalue weighted by Gasteiger charge is 2.43. The fourth-order valence-corrected chi connectivity index (χ4v) is 3.49. The lowest BCUT2D eigenvalue weighted by Crippen LogP contribution is -2.44. The number of hydrogen-bond acceptors (Lipinski definition) is 3. The summed E-state index contributed by atoms with van der Waals surface area (Å²) in [5.74, 6) is 1.03. The number of benzene rings is 1. The van der Waals surface area contributed by atoms with Crippen molar-refractivity contribution in [2.45, 2.75) is 56.7 Å². The topological polar surface area (TPSA) is 41.5 Å². The molecule has 0 radical (unpaired) electrons. The van der Waals surface area contributed by atoms with Crippen LogP contribution in [0.3, 0.4) is 0 Å². The highest BCUT2D eigenvalue weighted by molar-refractivity contribution is 5.39. The molecule has 1 heterocycles. The summed E-state index contributed by atoms with van der Waals surface area (Å²) in [4.78, 5) is 0. The van der Waals surface area contributed by atoms with Gasteiger partial charge in [0, 0.05) is 24.1 Å². The van der Waals surface area contributed by atoms with E-state index >= 15 is 0 Å². The molecule has 1 aromatic rings. The zero-order chi connectivity index (χ0) is 13.3. The van der Waals surface area contributed by atoms with Crippen molar-refractivity contribution in [3.63, 3.8) is 0 Å². The molecule has 3 rings (SSSR count). The standard InChI is InChI=1S/C16H23NO2/c1-12(11-18)17-14-10-16(8-4-5-9-16)19-15-7-3-2-6-13(14)15/h2-3,6-7,12,14,17-18H,4-5,8-11H2,1H3/t12-,14?/m1/s1. The van der Waals surface area contributed by atoms with Gasteiger partial charge in [0.15, 0.2) is 0 Å². The van der Waals surface area contributed by atoms with Gasteiger partial charge in [-0.2, -0.15) is 0 Å². The molecule has 1 aliphatic heterocycles. The van der Waals surface area contributed by atoms with Gasteiger partial charge in [0.1, 0.15) is 11.4 Å². The molecule has 1 aliphatic carbocycles. The van der Waals surface area contributed by atoms with Gasteiger partial charge in [0.2, 0.25) is 0 Å². The largest absolute Gasteiger partial charge is 0.487 e. The predicted molar refractivity (Wildman–Crippen MR) is 75.3 cm³/mol. The van der Waals surface area contributed by atoms with Crippen LogP contribution in [-0.2, 0) is 0 Å². The zero-order valence-corrected chi connectivity index (χ0v) is 11.6. The Bertz CT molecular complexity index is 440. The molecule has 0 aromatic heterocycles. The highest BCUT2D eigenvalue weighted by Crippen LogP contribution is 2.47. The van der Waals surface area contributed by atoms with E-state index < -0.39 is 0 Å². The van der Waals surface area contributed by atoms with E-state index in [0.717, 1.165) is 25.0 Å². The molecule has 1 aromatic carbocycles. The van der Waals surface area contributed by atoms with Crippen LogP contribution in [0.5, 0.6) is 5.75 Å². The number of fused-ring (bicyclic) bond motifs is 1. The molecule has 3 nitrogen and oxygen atoms in total. The molecular formula is C16H23NO2. The average Bonchev–Trinajstić information content (AvgIpc) is 2.86. The smallest absolute Gasteiger partial charge is 0.124 e. The molecule has 2 N–H and O–H groups in total. The summed E-state index contributed by atoms with van der Waals surface area (Å²) in [5.41, 5.74) is 1.27. The summed E-state index contributed by atoms with van der Waals surface area (Å²) in [6.45, 7) is 2.20. The number of nitrogens with one attached hydrogen (secondary N) is 1. The molecule has 3 heteroatoms. The van der Waals surface area contributed by atoms with E-state index in [4.69, 9.17) is 4.74 Å². The molecule has 104 valence electrons. The van der Waals surface area contributed by atoms with Crippen LogP contribution in [0, 0.1) is 0 Å². The van der Waals surface area contributed by atoms with Crippen molar-refractivity contribution in [1.82, 2.24) is 5.32 Å². The minimum Gasteiger partial charge on any atom is -0.487 e. The summed E-state index contributed by atoms with van der Waals surface area (Å²) in [6, 6.07) is 8.73. The first kappa shape index (κ1) is 12.9. The Balaban J connectivity index is 1.89. The van der Waals surface area contributed by atoms with Gasteiger partial charge in [-0.25, -0.2) is 0 Å². The number of hydrogen-bond donors (Lipinski definition) is 2. The fraction of sp³-hybridized carbons (Fsp3) is 0.625. The van der Waals surface area contributed by atoms with Crippen molar-refractivity contribution in [3.05, 3.63) is 29.8 Å². The Morgan fingerprint density at radius 2 is 2.11 bits per heavy atom. The van der Waals surface area contributed by atoms with E-state index in [1.165, 1.54) is 18.4 Å². The SMILES string of the molecule is C[C@H](CO)NC1CC2(CCCC2)Oc2ccccc21. The van der Waals surface area contributed by atoms with Crippen molar-refractivity contribution in [1.29, 1.82) is 0 Å². The lowest BCUT2D eigenvalue weighted by atomic mass is 9.85. The van der Waals surface area contributed by atoms with Crippen molar-refractivity contribution < 1.29 is 9.84 Å². The molecular weight excluding hydrogens is 238 g/mol.